The molecule has 0 fully saturated rings. The lowest BCUT2D eigenvalue weighted by Gasteiger charge is -2.21. The molecule has 29 heavy (non-hydrogen) atoms. The SMILES string of the molecule is CCCN(OCC)C(=O)C1=Cc2ccc(-c3cc(CN)ncn3)cc2N=C(N)C1. The van der Waals surface area contributed by atoms with Gasteiger partial charge >= 0.3 is 0 Å². The van der Waals surface area contributed by atoms with Crippen LogP contribution in [0.25, 0.3) is 17.3 Å². The Kier molecular flexibility index (Phi) is 6.69. The first-order valence-corrected chi connectivity index (χ1v) is 9.69. The van der Waals surface area contributed by atoms with E-state index in [0.717, 1.165) is 28.9 Å². The summed E-state index contributed by atoms with van der Waals surface area (Å²) in [4.78, 5) is 31.4. The van der Waals surface area contributed by atoms with Crippen molar-refractivity contribution in [2.75, 3.05) is 13.2 Å². The first-order valence-electron chi connectivity index (χ1n) is 9.69. The molecule has 4 N–H and O–H groups in total. The Labute approximate surface area is 170 Å². The topological polar surface area (TPSA) is 120 Å². The molecule has 8 nitrogen and oxygen atoms in total. The Morgan fingerprint density at radius 3 is 2.79 bits per heavy atom. The summed E-state index contributed by atoms with van der Waals surface area (Å²) in [6.45, 7) is 5.13. The molecule has 1 aliphatic heterocycles. The number of nitrogens with two attached hydrogens (primary N) is 2. The predicted octanol–water partition coefficient (Wildman–Crippen LogP) is 2.57. The van der Waals surface area contributed by atoms with Crippen molar-refractivity contribution in [2.24, 2.45) is 16.5 Å². The Balaban J connectivity index is 1.97. The van der Waals surface area contributed by atoms with Crippen molar-refractivity contribution < 1.29 is 9.63 Å². The lowest BCUT2D eigenvalue weighted by atomic mass is 10.0. The lowest BCUT2D eigenvalue weighted by Crippen LogP contribution is -2.34. The Morgan fingerprint density at radius 2 is 2.07 bits per heavy atom. The van der Waals surface area contributed by atoms with Gasteiger partial charge in [0.2, 0.25) is 0 Å². The van der Waals surface area contributed by atoms with Gasteiger partial charge in [0.25, 0.3) is 5.91 Å². The number of rotatable bonds is 7. The predicted molar refractivity (Wildman–Crippen MR) is 113 cm³/mol. The maximum atomic E-state index is 12.9. The Bertz CT molecular complexity index is 948. The van der Waals surface area contributed by atoms with E-state index in [1.807, 2.05) is 44.2 Å². The summed E-state index contributed by atoms with van der Waals surface area (Å²) in [5.74, 6) is 0.186. The van der Waals surface area contributed by atoms with E-state index in [-0.39, 0.29) is 12.3 Å². The van der Waals surface area contributed by atoms with Crippen molar-refractivity contribution in [3.05, 3.63) is 47.4 Å². The molecule has 1 amide bonds. The second-order valence-electron chi connectivity index (χ2n) is 6.65. The van der Waals surface area contributed by atoms with Crippen LogP contribution in [0.15, 0.2) is 41.2 Å². The molecule has 0 radical (unpaired) electrons. The average Bonchev–Trinajstić information content (AvgIpc) is 2.90. The molecule has 0 bridgehead atoms. The molecule has 2 aromatic rings. The number of carbonyl (C=O) groups is 1. The monoisotopic (exact) mass is 394 g/mol. The number of hydrogen-bond donors (Lipinski definition) is 2. The van der Waals surface area contributed by atoms with Gasteiger partial charge in [0.1, 0.15) is 12.2 Å². The maximum absolute atomic E-state index is 12.9. The van der Waals surface area contributed by atoms with Crippen LogP contribution < -0.4 is 11.5 Å². The first kappa shape index (κ1) is 20.6. The molecule has 3 rings (SSSR count). The molecule has 0 saturated heterocycles. The van der Waals surface area contributed by atoms with Crippen LogP contribution in [-0.4, -0.2) is 39.9 Å². The van der Waals surface area contributed by atoms with E-state index < -0.39 is 0 Å². The minimum absolute atomic E-state index is 0.188. The Morgan fingerprint density at radius 1 is 1.24 bits per heavy atom. The second-order valence-corrected chi connectivity index (χ2v) is 6.65. The normalized spacial score (nSPS) is 13.2. The van der Waals surface area contributed by atoms with Crippen LogP contribution >= 0.6 is 0 Å². The molecule has 2 heterocycles. The van der Waals surface area contributed by atoms with Crippen molar-refractivity contribution in [3.8, 4) is 11.3 Å². The summed E-state index contributed by atoms with van der Waals surface area (Å²) < 4.78 is 0. The molecule has 1 aromatic heterocycles. The van der Waals surface area contributed by atoms with Crippen molar-refractivity contribution >= 4 is 23.5 Å². The fraction of sp³-hybridized carbons (Fsp3) is 0.333. The fourth-order valence-electron chi connectivity index (χ4n) is 3.10. The molecular formula is C21H26N6O2. The number of aromatic nitrogens is 2. The van der Waals surface area contributed by atoms with Gasteiger partial charge in [0, 0.05) is 36.2 Å². The van der Waals surface area contributed by atoms with Gasteiger partial charge in [-0.3, -0.25) is 9.63 Å². The highest BCUT2D eigenvalue weighted by Gasteiger charge is 2.22. The zero-order valence-corrected chi connectivity index (χ0v) is 16.8. The third-order valence-electron chi connectivity index (χ3n) is 4.44. The number of carbonyl (C=O) groups excluding carboxylic acids is 1. The molecule has 0 aliphatic carbocycles. The van der Waals surface area contributed by atoms with Crippen molar-refractivity contribution in [1.29, 1.82) is 0 Å². The van der Waals surface area contributed by atoms with Gasteiger partial charge < -0.3 is 11.5 Å². The minimum atomic E-state index is -0.188. The highest BCUT2D eigenvalue weighted by atomic mass is 16.7. The number of amides is 1. The molecule has 0 saturated carbocycles. The second kappa shape index (κ2) is 9.40. The molecule has 1 aliphatic rings. The smallest absolute Gasteiger partial charge is 0.273 e. The number of nitrogens with zero attached hydrogens (tertiary/aromatic N) is 4. The summed E-state index contributed by atoms with van der Waals surface area (Å²) in [5.41, 5.74) is 16.2. The highest BCUT2D eigenvalue weighted by molar-refractivity contribution is 6.05. The van der Waals surface area contributed by atoms with Crippen molar-refractivity contribution in [1.82, 2.24) is 15.0 Å². The van der Waals surface area contributed by atoms with Gasteiger partial charge in [-0.05, 0) is 31.6 Å². The largest absolute Gasteiger partial charge is 0.387 e. The molecule has 1 aromatic carbocycles. The number of benzene rings is 1. The minimum Gasteiger partial charge on any atom is -0.387 e. The van der Waals surface area contributed by atoms with Crippen LogP contribution in [0.2, 0.25) is 0 Å². The van der Waals surface area contributed by atoms with Crippen LogP contribution in [0.3, 0.4) is 0 Å². The number of hydrogen-bond acceptors (Lipinski definition) is 7. The summed E-state index contributed by atoms with van der Waals surface area (Å²) in [7, 11) is 0. The maximum Gasteiger partial charge on any atom is 0.273 e. The molecular weight excluding hydrogens is 368 g/mol. The van der Waals surface area contributed by atoms with Crippen LogP contribution in [0, 0.1) is 0 Å². The molecule has 152 valence electrons. The van der Waals surface area contributed by atoms with E-state index in [0.29, 0.717) is 36.8 Å². The van der Waals surface area contributed by atoms with E-state index >= 15 is 0 Å². The van der Waals surface area contributed by atoms with Crippen LogP contribution in [-0.2, 0) is 16.2 Å². The average molecular weight is 394 g/mol. The summed E-state index contributed by atoms with van der Waals surface area (Å²) in [6, 6.07) is 7.60. The van der Waals surface area contributed by atoms with E-state index in [1.54, 1.807) is 0 Å². The van der Waals surface area contributed by atoms with Gasteiger partial charge in [0.05, 0.1) is 23.7 Å². The van der Waals surface area contributed by atoms with Gasteiger partial charge in [-0.1, -0.05) is 19.1 Å². The van der Waals surface area contributed by atoms with Crippen molar-refractivity contribution in [2.45, 2.75) is 33.2 Å². The van der Waals surface area contributed by atoms with Crippen LogP contribution in [0.4, 0.5) is 5.69 Å². The van der Waals surface area contributed by atoms with Crippen LogP contribution in [0.5, 0.6) is 0 Å². The van der Waals surface area contributed by atoms with E-state index in [1.165, 1.54) is 11.4 Å². The summed E-state index contributed by atoms with van der Waals surface area (Å²) >= 11 is 0. The molecule has 8 heteroatoms. The third kappa shape index (κ3) is 4.85. The zero-order valence-electron chi connectivity index (χ0n) is 16.8. The van der Waals surface area contributed by atoms with Gasteiger partial charge in [-0.2, -0.15) is 0 Å². The first-order chi connectivity index (χ1) is 14.0. The summed E-state index contributed by atoms with van der Waals surface area (Å²) in [5, 5.41) is 1.40. The number of fused-ring (bicyclic) bond motifs is 1. The fourth-order valence-corrected chi connectivity index (χ4v) is 3.10. The van der Waals surface area contributed by atoms with Gasteiger partial charge in [0.15, 0.2) is 0 Å². The zero-order chi connectivity index (χ0) is 20.8. The quantitative estimate of drug-likeness (QED) is 0.697. The Hall–Kier alpha value is -3.10. The number of hydroxylamine groups is 2. The summed E-state index contributed by atoms with van der Waals surface area (Å²) in [6.07, 6.45) is 4.39. The standard InChI is InChI=1S/C21H26N6O2/c1-3-7-27(29-4-2)21(28)16-8-14-5-6-15(9-19(14)26-20(23)10-16)18-11-17(12-22)24-13-25-18/h5-6,8-9,11,13H,3-4,7,10,12,22H2,1-2H3,(H2,23,26). The molecule has 0 atom stereocenters. The molecule has 0 spiro atoms. The molecule has 0 unspecified atom stereocenters. The highest BCUT2D eigenvalue weighted by Crippen LogP contribution is 2.31. The van der Waals surface area contributed by atoms with Gasteiger partial charge in [-0.25, -0.2) is 20.0 Å². The van der Waals surface area contributed by atoms with E-state index in [9.17, 15) is 4.79 Å². The third-order valence-corrected chi connectivity index (χ3v) is 4.44. The van der Waals surface area contributed by atoms with Crippen molar-refractivity contribution in [3.63, 3.8) is 0 Å². The van der Waals surface area contributed by atoms with E-state index in [4.69, 9.17) is 16.3 Å². The van der Waals surface area contributed by atoms with Gasteiger partial charge in [-0.15, -0.1) is 0 Å². The number of aliphatic imine (C=N–C) groups is 1. The number of amidine groups is 1. The lowest BCUT2D eigenvalue weighted by molar-refractivity contribution is -0.180. The van der Waals surface area contributed by atoms with E-state index in [2.05, 4.69) is 15.0 Å². The van der Waals surface area contributed by atoms with Crippen LogP contribution in [0.1, 0.15) is 37.9 Å².